The lowest BCUT2D eigenvalue weighted by atomic mass is 9.91. The van der Waals surface area contributed by atoms with Crippen molar-refractivity contribution < 1.29 is 22.4 Å². The summed E-state index contributed by atoms with van der Waals surface area (Å²) < 4.78 is 58.4. The maximum atomic E-state index is 14.7. The SMILES string of the molecule is NCC1(F)CCN(c2c(C(=O)c3ccc(F)c(Cl)c3N3CCC(F)(CN)CC3)ccc(F)c2Cl)CC1. The second-order valence-corrected chi connectivity index (χ2v) is 10.3. The summed E-state index contributed by atoms with van der Waals surface area (Å²) in [6.45, 7) is 0.439. The number of halogens is 6. The summed E-state index contributed by atoms with van der Waals surface area (Å²) in [6.07, 6.45) is 0.379. The van der Waals surface area contributed by atoms with Crippen LogP contribution in [0.25, 0.3) is 0 Å². The quantitative estimate of drug-likeness (QED) is 0.392. The summed E-state index contributed by atoms with van der Waals surface area (Å²) >= 11 is 12.6. The van der Waals surface area contributed by atoms with Gasteiger partial charge in [-0.25, -0.2) is 17.6 Å². The van der Waals surface area contributed by atoms with E-state index in [0.717, 1.165) is 12.1 Å². The highest BCUT2D eigenvalue weighted by Crippen LogP contribution is 2.41. The molecule has 2 fully saturated rings. The lowest BCUT2D eigenvalue weighted by molar-refractivity contribution is 0.103. The van der Waals surface area contributed by atoms with Crippen LogP contribution in [0.3, 0.4) is 0 Å². The van der Waals surface area contributed by atoms with Crippen molar-refractivity contribution in [2.45, 2.75) is 37.0 Å². The van der Waals surface area contributed by atoms with Crippen LogP contribution < -0.4 is 21.3 Å². The van der Waals surface area contributed by atoms with Crippen LogP contribution in [0.5, 0.6) is 0 Å². The van der Waals surface area contributed by atoms with Crippen LogP contribution in [0.1, 0.15) is 41.6 Å². The Balaban J connectivity index is 1.74. The Morgan fingerprint density at radius 3 is 1.39 bits per heavy atom. The van der Waals surface area contributed by atoms with Crippen molar-refractivity contribution in [2.24, 2.45) is 11.5 Å². The summed E-state index contributed by atoms with van der Waals surface area (Å²) in [5, 5.41) is -0.532. The molecule has 2 aliphatic heterocycles. The Morgan fingerprint density at radius 1 is 0.750 bits per heavy atom. The van der Waals surface area contributed by atoms with Crippen molar-refractivity contribution in [2.75, 3.05) is 49.1 Å². The van der Waals surface area contributed by atoms with Crippen molar-refractivity contribution in [3.8, 4) is 0 Å². The largest absolute Gasteiger partial charge is 0.369 e. The molecule has 2 aliphatic rings. The van der Waals surface area contributed by atoms with E-state index in [0.29, 0.717) is 0 Å². The van der Waals surface area contributed by atoms with E-state index < -0.39 is 28.8 Å². The molecule has 196 valence electrons. The van der Waals surface area contributed by atoms with Crippen molar-refractivity contribution >= 4 is 40.4 Å². The van der Waals surface area contributed by atoms with Crippen molar-refractivity contribution in [1.29, 1.82) is 0 Å². The number of ketones is 1. The first kappa shape index (κ1) is 27.0. The molecule has 2 heterocycles. The molecular weight excluding hydrogens is 519 g/mol. The van der Waals surface area contributed by atoms with Gasteiger partial charge in [0.1, 0.15) is 33.0 Å². The van der Waals surface area contributed by atoms with Gasteiger partial charge in [0.05, 0.1) is 11.4 Å². The molecule has 4 rings (SSSR count). The predicted molar refractivity (Wildman–Crippen MR) is 135 cm³/mol. The van der Waals surface area contributed by atoms with E-state index in [2.05, 4.69) is 0 Å². The highest BCUT2D eigenvalue weighted by atomic mass is 35.5. The molecule has 36 heavy (non-hydrogen) atoms. The number of carbonyl (C=O) groups excluding carboxylic acids is 1. The predicted octanol–water partition coefficient (Wildman–Crippen LogP) is 5.04. The molecule has 0 radical (unpaired) electrons. The fourth-order valence-corrected chi connectivity index (χ4v) is 5.45. The van der Waals surface area contributed by atoms with Crippen LogP contribution in [-0.4, -0.2) is 56.4 Å². The minimum Gasteiger partial charge on any atom is -0.369 e. The van der Waals surface area contributed by atoms with Crippen LogP contribution >= 0.6 is 23.2 Å². The average molecular weight is 547 g/mol. The lowest BCUT2D eigenvalue weighted by Gasteiger charge is -2.39. The highest BCUT2D eigenvalue weighted by Gasteiger charge is 2.37. The summed E-state index contributed by atoms with van der Waals surface area (Å²) in [5.41, 5.74) is 8.45. The van der Waals surface area contributed by atoms with Gasteiger partial charge in [0, 0.05) is 76.1 Å². The van der Waals surface area contributed by atoms with Crippen LogP contribution in [-0.2, 0) is 0 Å². The topological polar surface area (TPSA) is 75.6 Å². The van der Waals surface area contributed by atoms with E-state index in [4.69, 9.17) is 34.7 Å². The molecule has 0 bridgehead atoms. The first-order valence-electron chi connectivity index (χ1n) is 11.8. The number of benzene rings is 2. The van der Waals surface area contributed by atoms with Gasteiger partial charge in [-0.15, -0.1) is 0 Å². The third-order valence-electron chi connectivity index (χ3n) is 7.31. The number of rotatable bonds is 6. The standard InChI is InChI=1S/C25H28Cl2F4N4O/c26-19-17(28)3-1-15(21(19)34-9-5-24(30,13-32)6-10-34)23(36)16-2-4-18(29)20(27)22(16)35-11-7-25(31,14-33)8-12-35/h1-4H,5-14,32-33H2. The van der Waals surface area contributed by atoms with E-state index in [1.165, 1.54) is 12.1 Å². The minimum absolute atomic E-state index is 0.0724. The van der Waals surface area contributed by atoms with E-state index in [1.807, 2.05) is 0 Å². The second kappa shape index (κ2) is 10.4. The Morgan fingerprint density at radius 2 is 1.08 bits per heavy atom. The van der Waals surface area contributed by atoms with Crippen LogP contribution in [0.15, 0.2) is 24.3 Å². The van der Waals surface area contributed by atoms with Gasteiger partial charge in [-0.05, 0) is 24.3 Å². The van der Waals surface area contributed by atoms with Crippen LogP contribution in [0.2, 0.25) is 10.0 Å². The summed E-state index contributed by atoms with van der Waals surface area (Å²) in [5.74, 6) is -2.02. The maximum absolute atomic E-state index is 14.7. The third kappa shape index (κ3) is 5.03. The van der Waals surface area contributed by atoms with Gasteiger partial charge < -0.3 is 21.3 Å². The zero-order valence-corrected chi connectivity index (χ0v) is 21.1. The van der Waals surface area contributed by atoms with E-state index in [-0.39, 0.29) is 97.5 Å². The van der Waals surface area contributed by atoms with Crippen LogP contribution in [0.4, 0.5) is 28.9 Å². The summed E-state index contributed by atoms with van der Waals surface area (Å²) in [4.78, 5) is 17.2. The average Bonchev–Trinajstić information content (AvgIpc) is 2.88. The molecule has 4 N–H and O–H groups in total. The number of piperidine rings is 2. The van der Waals surface area contributed by atoms with Gasteiger partial charge in [-0.2, -0.15) is 0 Å². The Hall–Kier alpha value is -2.07. The first-order valence-corrected chi connectivity index (χ1v) is 12.6. The zero-order chi connectivity index (χ0) is 26.3. The molecule has 0 aromatic heterocycles. The van der Waals surface area contributed by atoms with Gasteiger partial charge in [0.2, 0.25) is 0 Å². The molecule has 0 aliphatic carbocycles. The number of anilines is 2. The molecule has 0 unspecified atom stereocenters. The van der Waals surface area contributed by atoms with Gasteiger partial charge in [0.15, 0.2) is 5.78 Å². The van der Waals surface area contributed by atoms with E-state index >= 15 is 0 Å². The number of nitrogens with zero attached hydrogens (tertiary/aromatic N) is 2. The monoisotopic (exact) mass is 546 g/mol. The lowest BCUT2D eigenvalue weighted by Crippen LogP contribution is -2.46. The van der Waals surface area contributed by atoms with E-state index in [9.17, 15) is 22.4 Å². The third-order valence-corrected chi connectivity index (χ3v) is 8.03. The summed E-state index contributed by atoms with van der Waals surface area (Å²) in [7, 11) is 0. The second-order valence-electron chi connectivity index (χ2n) is 9.53. The molecule has 2 aromatic carbocycles. The number of alkyl halides is 2. The molecular formula is C25H28Cl2F4N4O. The van der Waals surface area contributed by atoms with E-state index in [1.54, 1.807) is 9.80 Å². The first-order chi connectivity index (χ1) is 17.0. The van der Waals surface area contributed by atoms with Crippen molar-refractivity contribution in [3.63, 3.8) is 0 Å². The normalized spacial score (nSPS) is 19.4. The molecule has 2 aromatic rings. The molecule has 0 amide bonds. The fourth-order valence-electron chi connectivity index (χ4n) is 4.88. The van der Waals surface area contributed by atoms with Gasteiger partial charge in [-0.3, -0.25) is 4.79 Å². The Labute approximate surface area is 217 Å². The van der Waals surface area contributed by atoms with Crippen LogP contribution in [0, 0.1) is 11.6 Å². The minimum atomic E-state index is -1.54. The van der Waals surface area contributed by atoms with Gasteiger partial charge in [0.25, 0.3) is 0 Å². The molecule has 0 spiro atoms. The smallest absolute Gasteiger partial charge is 0.197 e. The Kier molecular flexibility index (Phi) is 7.76. The molecule has 11 heteroatoms. The highest BCUT2D eigenvalue weighted by molar-refractivity contribution is 6.36. The van der Waals surface area contributed by atoms with Crippen molar-refractivity contribution in [1.82, 2.24) is 0 Å². The fraction of sp³-hybridized carbons (Fsp3) is 0.480. The summed E-state index contributed by atoms with van der Waals surface area (Å²) in [6, 6.07) is 4.76. The number of hydrogen-bond donors (Lipinski definition) is 2. The van der Waals surface area contributed by atoms with Gasteiger partial charge in [-0.1, -0.05) is 23.2 Å². The maximum Gasteiger partial charge on any atom is 0.197 e. The Bertz CT molecular complexity index is 1060. The number of carbonyl (C=O) groups is 1. The number of hydrogen-bond acceptors (Lipinski definition) is 5. The molecule has 5 nitrogen and oxygen atoms in total. The molecule has 0 atom stereocenters. The van der Waals surface area contributed by atoms with Gasteiger partial charge >= 0.3 is 0 Å². The zero-order valence-electron chi connectivity index (χ0n) is 19.6. The van der Waals surface area contributed by atoms with Crippen molar-refractivity contribution in [3.05, 3.63) is 57.1 Å². The molecule has 0 saturated carbocycles. The molecule has 2 saturated heterocycles. The number of nitrogens with two attached hydrogens (primary N) is 2.